The second-order valence-corrected chi connectivity index (χ2v) is 2.55. The van der Waals surface area contributed by atoms with Crippen LogP contribution in [-0.2, 0) is 0 Å². The van der Waals surface area contributed by atoms with Gasteiger partial charge in [-0.3, -0.25) is 10.1 Å². The van der Waals surface area contributed by atoms with Crippen LogP contribution in [0.2, 0.25) is 0 Å². The molecule has 0 aliphatic carbocycles. The van der Waals surface area contributed by atoms with E-state index in [-0.39, 0.29) is 17.9 Å². The summed E-state index contributed by atoms with van der Waals surface area (Å²) >= 11 is 0. The summed E-state index contributed by atoms with van der Waals surface area (Å²) < 4.78 is 13.0. The van der Waals surface area contributed by atoms with Gasteiger partial charge in [0.15, 0.2) is 0 Å². The Bertz CT molecular complexity index is 376. The maximum absolute atomic E-state index is 13.0. The minimum atomic E-state index is -0.601. The van der Waals surface area contributed by atoms with E-state index < -0.39 is 10.7 Å². The molecule has 0 fully saturated rings. The van der Waals surface area contributed by atoms with Crippen molar-refractivity contribution in [2.24, 2.45) is 0 Å². The van der Waals surface area contributed by atoms with Gasteiger partial charge in [-0.15, -0.1) is 0 Å². The summed E-state index contributed by atoms with van der Waals surface area (Å²) in [7, 11) is 0. The number of aliphatic hydroxyl groups excluding tert-OH is 1. The van der Waals surface area contributed by atoms with Crippen molar-refractivity contribution in [3.05, 3.63) is 45.8 Å². The molecule has 1 aromatic carbocycles. The van der Waals surface area contributed by atoms with Crippen LogP contribution >= 0.6 is 0 Å². The number of rotatable bonds is 3. The molecule has 74 valence electrons. The quantitative estimate of drug-likeness (QED) is 0.592. The number of nitro benzene ring substituents is 1. The SMILES string of the molecule is O=[N+]([O-])c1ccc(F)c(/C=C/CO)c1. The lowest BCUT2D eigenvalue weighted by molar-refractivity contribution is -0.384. The van der Waals surface area contributed by atoms with Crippen molar-refractivity contribution in [2.45, 2.75) is 0 Å². The maximum atomic E-state index is 13.0. The lowest BCUT2D eigenvalue weighted by Crippen LogP contribution is -1.90. The molecule has 0 saturated carbocycles. The fourth-order valence-electron chi connectivity index (χ4n) is 0.952. The molecule has 0 unspecified atom stereocenters. The molecule has 0 aromatic heterocycles. The Hall–Kier alpha value is -1.75. The molecule has 0 saturated heterocycles. The van der Waals surface area contributed by atoms with Gasteiger partial charge in [-0.1, -0.05) is 12.2 Å². The predicted octanol–water partition coefficient (Wildman–Crippen LogP) is 1.74. The third kappa shape index (κ3) is 2.37. The summed E-state index contributed by atoms with van der Waals surface area (Å²) in [4.78, 5) is 9.75. The summed E-state index contributed by atoms with van der Waals surface area (Å²) in [5.74, 6) is -0.555. The number of aliphatic hydroxyl groups is 1. The van der Waals surface area contributed by atoms with Crippen LogP contribution in [0.1, 0.15) is 5.56 Å². The minimum Gasteiger partial charge on any atom is -0.392 e. The highest BCUT2D eigenvalue weighted by Gasteiger charge is 2.08. The van der Waals surface area contributed by atoms with E-state index in [4.69, 9.17) is 5.11 Å². The van der Waals surface area contributed by atoms with Crippen LogP contribution in [-0.4, -0.2) is 16.6 Å². The normalized spacial score (nSPS) is 10.7. The fraction of sp³-hybridized carbons (Fsp3) is 0.111. The van der Waals surface area contributed by atoms with Gasteiger partial charge >= 0.3 is 0 Å². The van der Waals surface area contributed by atoms with Gasteiger partial charge in [0.1, 0.15) is 5.82 Å². The smallest absolute Gasteiger partial charge is 0.270 e. The van der Waals surface area contributed by atoms with Crippen molar-refractivity contribution < 1.29 is 14.4 Å². The second-order valence-electron chi connectivity index (χ2n) is 2.55. The average Bonchev–Trinajstić information content (AvgIpc) is 2.16. The van der Waals surface area contributed by atoms with Crippen molar-refractivity contribution in [3.63, 3.8) is 0 Å². The first-order valence-electron chi connectivity index (χ1n) is 3.86. The average molecular weight is 197 g/mol. The molecular weight excluding hydrogens is 189 g/mol. The number of hydrogen-bond donors (Lipinski definition) is 1. The molecule has 5 heteroatoms. The van der Waals surface area contributed by atoms with Crippen LogP contribution in [0.3, 0.4) is 0 Å². The summed E-state index contributed by atoms with van der Waals surface area (Å²) in [5.41, 5.74) is -0.0859. The molecule has 1 aromatic rings. The standard InChI is InChI=1S/C9H8FNO3/c10-9-4-3-8(11(13)14)6-7(9)2-1-5-12/h1-4,6,12H,5H2/b2-1+. The highest BCUT2D eigenvalue weighted by atomic mass is 19.1. The van der Waals surface area contributed by atoms with Gasteiger partial charge in [0, 0.05) is 17.7 Å². The first kappa shape index (κ1) is 10.3. The van der Waals surface area contributed by atoms with Gasteiger partial charge in [0.25, 0.3) is 5.69 Å². The minimum absolute atomic E-state index is 0.0910. The third-order valence-corrected chi connectivity index (χ3v) is 1.59. The molecule has 4 nitrogen and oxygen atoms in total. The number of nitrogens with zero attached hydrogens (tertiary/aromatic N) is 1. The Labute approximate surface area is 79.4 Å². The Morgan fingerprint density at radius 3 is 2.86 bits per heavy atom. The first-order chi connectivity index (χ1) is 6.65. The molecular formula is C9H8FNO3. The summed E-state index contributed by atoms with van der Waals surface area (Å²) in [5, 5.41) is 18.8. The molecule has 0 amide bonds. The van der Waals surface area contributed by atoms with Crippen LogP contribution in [0.5, 0.6) is 0 Å². The number of halogens is 1. The number of non-ortho nitro benzene ring substituents is 1. The van der Waals surface area contributed by atoms with Crippen molar-refractivity contribution in [2.75, 3.05) is 6.61 Å². The van der Waals surface area contributed by atoms with Gasteiger partial charge in [0.2, 0.25) is 0 Å². The van der Waals surface area contributed by atoms with E-state index in [1.165, 1.54) is 12.2 Å². The molecule has 0 aliphatic heterocycles. The first-order valence-corrected chi connectivity index (χ1v) is 3.86. The van der Waals surface area contributed by atoms with Crippen LogP contribution in [0.4, 0.5) is 10.1 Å². The molecule has 0 heterocycles. The summed E-state index contributed by atoms with van der Waals surface area (Å²) in [6.07, 6.45) is 2.60. The third-order valence-electron chi connectivity index (χ3n) is 1.59. The fourth-order valence-corrected chi connectivity index (χ4v) is 0.952. The molecule has 14 heavy (non-hydrogen) atoms. The molecule has 0 radical (unpaired) electrons. The van der Waals surface area contributed by atoms with Crippen LogP contribution in [0.15, 0.2) is 24.3 Å². The number of nitro groups is 1. The molecule has 0 spiro atoms. The van der Waals surface area contributed by atoms with Gasteiger partial charge in [-0.25, -0.2) is 4.39 Å². The van der Waals surface area contributed by atoms with E-state index in [0.29, 0.717) is 0 Å². The van der Waals surface area contributed by atoms with Gasteiger partial charge in [-0.05, 0) is 6.07 Å². The zero-order chi connectivity index (χ0) is 10.6. The highest BCUT2D eigenvalue weighted by Crippen LogP contribution is 2.17. The maximum Gasteiger partial charge on any atom is 0.270 e. The topological polar surface area (TPSA) is 63.4 Å². The molecule has 0 atom stereocenters. The van der Waals surface area contributed by atoms with Crippen LogP contribution in [0, 0.1) is 15.9 Å². The van der Waals surface area contributed by atoms with Crippen molar-refractivity contribution in [1.29, 1.82) is 0 Å². The van der Waals surface area contributed by atoms with Crippen LogP contribution in [0.25, 0.3) is 6.08 Å². The summed E-state index contributed by atoms with van der Waals surface area (Å²) in [6.45, 7) is -0.234. The Kier molecular flexibility index (Phi) is 3.30. The zero-order valence-corrected chi connectivity index (χ0v) is 7.18. The lowest BCUT2D eigenvalue weighted by Gasteiger charge is -1.96. The van der Waals surface area contributed by atoms with Gasteiger partial charge in [-0.2, -0.15) is 0 Å². The molecule has 0 bridgehead atoms. The van der Waals surface area contributed by atoms with E-state index in [1.807, 2.05) is 0 Å². The van der Waals surface area contributed by atoms with E-state index in [1.54, 1.807) is 0 Å². The Morgan fingerprint density at radius 2 is 2.29 bits per heavy atom. The number of benzene rings is 1. The Morgan fingerprint density at radius 1 is 1.57 bits per heavy atom. The zero-order valence-electron chi connectivity index (χ0n) is 7.18. The van der Waals surface area contributed by atoms with E-state index in [9.17, 15) is 14.5 Å². The van der Waals surface area contributed by atoms with Crippen molar-refractivity contribution >= 4 is 11.8 Å². The van der Waals surface area contributed by atoms with E-state index >= 15 is 0 Å². The monoisotopic (exact) mass is 197 g/mol. The largest absolute Gasteiger partial charge is 0.392 e. The molecule has 1 rings (SSSR count). The van der Waals surface area contributed by atoms with Gasteiger partial charge in [0.05, 0.1) is 11.5 Å². The summed E-state index contributed by atoms with van der Waals surface area (Å²) in [6, 6.07) is 3.22. The second kappa shape index (κ2) is 4.48. The van der Waals surface area contributed by atoms with E-state index in [0.717, 1.165) is 18.2 Å². The number of hydrogen-bond acceptors (Lipinski definition) is 3. The van der Waals surface area contributed by atoms with Crippen LogP contribution < -0.4 is 0 Å². The van der Waals surface area contributed by atoms with Crippen molar-refractivity contribution in [1.82, 2.24) is 0 Å². The molecule has 0 aliphatic rings. The molecule has 1 N–H and O–H groups in total. The van der Waals surface area contributed by atoms with Crippen molar-refractivity contribution in [3.8, 4) is 0 Å². The predicted molar refractivity (Wildman–Crippen MR) is 49.2 cm³/mol. The van der Waals surface area contributed by atoms with E-state index in [2.05, 4.69) is 0 Å². The highest BCUT2D eigenvalue weighted by molar-refractivity contribution is 5.54. The Balaban J connectivity index is 3.08. The lowest BCUT2D eigenvalue weighted by atomic mass is 10.2. The van der Waals surface area contributed by atoms with Gasteiger partial charge < -0.3 is 5.11 Å².